The third-order valence-corrected chi connectivity index (χ3v) is 14.3. The molecule has 15 nitrogen and oxygen atoms in total. The highest BCUT2D eigenvalue weighted by atomic mass is 16.5. The Morgan fingerprint density at radius 3 is 1.66 bits per heavy atom. The van der Waals surface area contributed by atoms with Gasteiger partial charge in [0.2, 0.25) is 35.4 Å². The first-order chi connectivity index (χ1) is 32.9. The quantitative estimate of drug-likeness (QED) is 0.108. The minimum absolute atomic E-state index is 0.110. The van der Waals surface area contributed by atoms with Crippen LogP contribution < -0.4 is 31.9 Å². The maximum absolute atomic E-state index is 14.4. The Hall–Kier alpha value is -5.90. The number of nitrogens with one attached hydrogen (secondary N) is 6. The van der Waals surface area contributed by atoms with E-state index in [1.165, 1.54) is 11.1 Å². The number of fused-ring (bicyclic) bond motifs is 2. The van der Waals surface area contributed by atoms with E-state index >= 15 is 0 Å². The van der Waals surface area contributed by atoms with E-state index in [1.807, 2.05) is 42.5 Å². The monoisotopic (exact) mass is 931 g/mol. The van der Waals surface area contributed by atoms with E-state index in [9.17, 15) is 28.8 Å². The van der Waals surface area contributed by atoms with Crippen LogP contribution in [0.15, 0.2) is 78.9 Å². The molecule has 0 saturated carbocycles. The zero-order chi connectivity index (χ0) is 48.3. The molecular weight excluding hydrogens is 861 g/mol. The van der Waals surface area contributed by atoms with Crippen LogP contribution in [0.4, 0.5) is 0 Å². The van der Waals surface area contributed by atoms with Crippen molar-refractivity contribution in [2.24, 2.45) is 0 Å². The lowest BCUT2D eigenvalue weighted by Gasteiger charge is -2.33. The first-order valence-electron chi connectivity index (χ1n) is 24.6. The van der Waals surface area contributed by atoms with Crippen LogP contribution in [-0.4, -0.2) is 115 Å². The van der Waals surface area contributed by atoms with Crippen molar-refractivity contribution in [2.75, 3.05) is 33.8 Å². The summed E-state index contributed by atoms with van der Waals surface area (Å²) in [6.07, 6.45) is 10.9. The molecule has 3 aromatic carbocycles. The lowest BCUT2D eigenvalue weighted by atomic mass is 9.87. The van der Waals surface area contributed by atoms with Gasteiger partial charge in [0.15, 0.2) is 0 Å². The number of benzene rings is 3. The standard InChI is InChI=1S/C53H70N8O7/c1-33(54-4)48(62)58-46(52(66)60-30-12-24-44(60)50(64)56-42-22-10-18-37-16-6-8-20-40(37)42)35(3)68-32-14-15-36-26-28-39(29-27-36)47(59-49(63)34(2)55-5)53(67)61-31-13-25-45(61)51(65)57-43-23-11-19-38-17-7-9-21-41(38)43/h6-9,14-17,20-21,26-29,33-35,42-47,54-55H,10-13,18-19,22-25,30-32H2,1-5H3,(H,56,64)(H,57,65)(H,58,62)(H,59,63)/t33-,34-,35+,42+,43+,44-,45-,46-,47-/m0/s1. The van der Waals surface area contributed by atoms with Gasteiger partial charge in [0.1, 0.15) is 24.2 Å². The average Bonchev–Trinajstić information content (AvgIpc) is 4.07. The summed E-state index contributed by atoms with van der Waals surface area (Å²) in [5.74, 6) is -1.79. The second kappa shape index (κ2) is 23.4. The third kappa shape index (κ3) is 11.8. The number of carbonyl (C=O) groups excluding carboxylic acids is 6. The molecule has 6 N–H and O–H groups in total. The fraction of sp³-hybridized carbons (Fsp3) is 0.509. The minimum atomic E-state index is -1.05. The Balaban J connectivity index is 0.995. The van der Waals surface area contributed by atoms with Crippen LogP contribution in [-0.2, 0) is 46.3 Å². The van der Waals surface area contributed by atoms with Gasteiger partial charge in [-0.1, -0.05) is 84.9 Å². The van der Waals surface area contributed by atoms with Crippen molar-refractivity contribution in [2.45, 2.75) is 139 Å². The van der Waals surface area contributed by atoms with Crippen molar-refractivity contribution in [3.8, 4) is 0 Å². The topological polar surface area (TPSA) is 190 Å². The molecule has 2 heterocycles. The van der Waals surface area contributed by atoms with Crippen LogP contribution in [0.5, 0.6) is 0 Å². The maximum atomic E-state index is 14.4. The Labute approximate surface area is 401 Å². The van der Waals surface area contributed by atoms with E-state index in [0.29, 0.717) is 44.3 Å². The summed E-state index contributed by atoms with van der Waals surface area (Å²) in [5, 5.41) is 18.2. The molecule has 15 heteroatoms. The van der Waals surface area contributed by atoms with Crippen molar-refractivity contribution in [1.29, 1.82) is 0 Å². The molecule has 0 bridgehead atoms. The van der Waals surface area contributed by atoms with Crippen molar-refractivity contribution < 1.29 is 33.5 Å². The van der Waals surface area contributed by atoms with Crippen molar-refractivity contribution >= 4 is 41.5 Å². The second-order valence-electron chi connectivity index (χ2n) is 18.7. The molecular formula is C53H70N8O7. The number of rotatable bonds is 18. The predicted octanol–water partition coefficient (Wildman–Crippen LogP) is 4.33. The van der Waals surface area contributed by atoms with Gasteiger partial charge in [-0.2, -0.15) is 0 Å². The van der Waals surface area contributed by atoms with Crippen molar-refractivity contribution in [1.82, 2.24) is 41.7 Å². The average molecular weight is 931 g/mol. The van der Waals surface area contributed by atoms with Crippen LogP contribution in [0.3, 0.4) is 0 Å². The highest BCUT2D eigenvalue weighted by molar-refractivity contribution is 5.95. The number of ether oxygens (including phenoxy) is 1. The van der Waals surface area contributed by atoms with Crippen molar-refractivity contribution in [3.05, 3.63) is 112 Å². The summed E-state index contributed by atoms with van der Waals surface area (Å²) >= 11 is 0. The molecule has 68 heavy (non-hydrogen) atoms. The van der Waals surface area contributed by atoms with Crippen LogP contribution in [0, 0.1) is 0 Å². The molecule has 364 valence electrons. The largest absolute Gasteiger partial charge is 0.372 e. The summed E-state index contributed by atoms with van der Waals surface area (Å²) < 4.78 is 6.19. The van der Waals surface area contributed by atoms with Gasteiger partial charge in [0, 0.05) is 13.1 Å². The number of carbonyl (C=O) groups is 6. The lowest BCUT2D eigenvalue weighted by Crippen LogP contribution is -2.59. The fourth-order valence-corrected chi connectivity index (χ4v) is 10.1. The number of likely N-dealkylation sites (N-methyl/N-ethyl adjacent to an activating group) is 2. The number of likely N-dealkylation sites (tertiary alicyclic amines) is 2. The Morgan fingerprint density at radius 2 is 1.13 bits per heavy atom. The summed E-state index contributed by atoms with van der Waals surface area (Å²) in [6, 6.07) is 18.9. The molecule has 0 aromatic heterocycles. The molecule has 2 aliphatic carbocycles. The van der Waals surface area contributed by atoms with Crippen LogP contribution in [0.1, 0.15) is 124 Å². The van der Waals surface area contributed by atoms with Crippen LogP contribution in [0.25, 0.3) is 6.08 Å². The summed E-state index contributed by atoms with van der Waals surface area (Å²) in [7, 11) is 3.35. The zero-order valence-corrected chi connectivity index (χ0v) is 40.2. The molecule has 0 spiro atoms. The molecule has 9 atom stereocenters. The highest BCUT2D eigenvalue weighted by Gasteiger charge is 2.42. The van der Waals surface area contributed by atoms with Crippen LogP contribution >= 0.6 is 0 Å². The molecule has 0 unspecified atom stereocenters. The molecule has 2 saturated heterocycles. The molecule has 3 aromatic rings. The molecule has 0 radical (unpaired) electrons. The molecule has 2 aliphatic heterocycles. The van der Waals surface area contributed by atoms with Gasteiger partial charge in [0.25, 0.3) is 0 Å². The summed E-state index contributed by atoms with van der Waals surface area (Å²) in [6.45, 7) is 6.07. The SMILES string of the molecule is CN[C@@H](C)C(=O)N[C@H](C(=O)N1CCC[C@H]1C(=O)N[C@@H]1CCCc2ccccc21)c1ccc(C=CCO[C@H](C)[C@H](NC(=O)[C@H](C)NC)C(=O)N2CCC[C@H]2C(=O)N[C@@H]2CCCc3ccccc32)cc1. The highest BCUT2D eigenvalue weighted by Crippen LogP contribution is 2.33. The predicted molar refractivity (Wildman–Crippen MR) is 261 cm³/mol. The minimum Gasteiger partial charge on any atom is -0.372 e. The van der Waals surface area contributed by atoms with E-state index in [4.69, 9.17) is 4.74 Å². The maximum Gasteiger partial charge on any atom is 0.250 e. The smallest absolute Gasteiger partial charge is 0.250 e. The second-order valence-corrected chi connectivity index (χ2v) is 18.7. The van der Waals surface area contributed by atoms with E-state index in [-0.39, 0.29) is 54.1 Å². The van der Waals surface area contributed by atoms with E-state index in [2.05, 4.69) is 56.2 Å². The molecule has 2 fully saturated rings. The summed E-state index contributed by atoms with van der Waals surface area (Å²) in [4.78, 5) is 86.2. The van der Waals surface area contributed by atoms with Gasteiger partial charge in [-0.25, -0.2) is 0 Å². The Bertz CT molecular complexity index is 2300. The van der Waals surface area contributed by atoms with Gasteiger partial charge in [-0.15, -0.1) is 0 Å². The normalized spacial score (nSPS) is 22.2. The van der Waals surface area contributed by atoms with Gasteiger partial charge in [-0.05, 0) is 132 Å². The first kappa shape index (κ1) is 50.0. The van der Waals surface area contributed by atoms with E-state index < -0.39 is 42.4 Å². The number of amides is 6. The summed E-state index contributed by atoms with van der Waals surface area (Å²) in [5.41, 5.74) is 6.10. The van der Waals surface area contributed by atoms with Gasteiger partial charge in [0.05, 0.1) is 36.9 Å². The number of aryl methyl sites for hydroxylation is 2. The fourth-order valence-electron chi connectivity index (χ4n) is 10.1. The number of hydrogen-bond acceptors (Lipinski definition) is 9. The third-order valence-electron chi connectivity index (χ3n) is 14.3. The Kier molecular flexibility index (Phi) is 17.2. The van der Waals surface area contributed by atoms with Gasteiger partial charge in [-0.3, -0.25) is 28.8 Å². The number of nitrogens with zero attached hydrogens (tertiary/aromatic N) is 2. The molecule has 6 amide bonds. The van der Waals surface area contributed by atoms with E-state index in [1.54, 1.807) is 62.9 Å². The zero-order valence-electron chi connectivity index (χ0n) is 40.2. The van der Waals surface area contributed by atoms with Crippen molar-refractivity contribution in [3.63, 3.8) is 0 Å². The van der Waals surface area contributed by atoms with Crippen LogP contribution in [0.2, 0.25) is 0 Å². The van der Waals surface area contributed by atoms with Gasteiger partial charge < -0.3 is 46.4 Å². The van der Waals surface area contributed by atoms with E-state index in [0.717, 1.165) is 55.2 Å². The molecule has 7 rings (SSSR count). The van der Waals surface area contributed by atoms with Gasteiger partial charge >= 0.3 is 0 Å². The lowest BCUT2D eigenvalue weighted by molar-refractivity contribution is -0.145. The first-order valence-corrected chi connectivity index (χ1v) is 24.6. The Morgan fingerprint density at radius 1 is 0.632 bits per heavy atom. The molecule has 4 aliphatic rings. The number of hydrogen-bond donors (Lipinski definition) is 6.